The Morgan fingerprint density at radius 2 is 1.95 bits per heavy atom. The molecule has 2 aliphatic rings. The Morgan fingerprint density at radius 3 is 2.53 bits per heavy atom. The fourth-order valence-electron chi connectivity index (χ4n) is 2.78. The van der Waals surface area contributed by atoms with Crippen molar-refractivity contribution in [2.45, 2.75) is 38.8 Å². The van der Waals surface area contributed by atoms with Gasteiger partial charge in [-0.15, -0.1) is 11.3 Å². The van der Waals surface area contributed by atoms with Gasteiger partial charge in [0.15, 0.2) is 5.13 Å². The lowest BCUT2D eigenvalue weighted by Gasteiger charge is -2.34. The molecule has 0 bridgehead atoms. The summed E-state index contributed by atoms with van der Waals surface area (Å²) in [5, 5.41) is 4.53. The van der Waals surface area contributed by atoms with Crippen molar-refractivity contribution in [2.75, 3.05) is 38.1 Å². The molecule has 3 rings (SSSR count). The van der Waals surface area contributed by atoms with E-state index in [0.29, 0.717) is 6.04 Å². The molecule has 1 aromatic heterocycles. The third kappa shape index (κ3) is 2.78. The second-order valence-electron chi connectivity index (χ2n) is 5.71. The first-order valence-electron chi connectivity index (χ1n) is 7.32. The Morgan fingerprint density at radius 1 is 1.26 bits per heavy atom. The van der Waals surface area contributed by atoms with E-state index in [1.807, 2.05) is 18.4 Å². The van der Waals surface area contributed by atoms with E-state index in [4.69, 9.17) is 4.98 Å². The van der Waals surface area contributed by atoms with Gasteiger partial charge in [-0.05, 0) is 33.7 Å². The predicted octanol–water partition coefficient (Wildman–Crippen LogP) is 2.02. The van der Waals surface area contributed by atoms with Crippen LogP contribution in [-0.2, 0) is 0 Å². The molecule has 1 aromatic rings. The Labute approximate surface area is 119 Å². The molecule has 1 saturated carbocycles. The van der Waals surface area contributed by atoms with E-state index in [0.717, 1.165) is 19.1 Å². The molecule has 5 heteroatoms. The van der Waals surface area contributed by atoms with Crippen LogP contribution in [0.2, 0.25) is 0 Å². The highest BCUT2D eigenvalue weighted by Crippen LogP contribution is 2.32. The molecule has 1 atom stereocenters. The van der Waals surface area contributed by atoms with Gasteiger partial charge in [0.05, 0.1) is 5.69 Å². The smallest absolute Gasteiger partial charge is 0.185 e. The van der Waals surface area contributed by atoms with Crippen molar-refractivity contribution in [3.8, 4) is 0 Å². The van der Waals surface area contributed by atoms with Crippen LogP contribution in [0.15, 0.2) is 0 Å². The van der Waals surface area contributed by atoms with Crippen LogP contribution < -0.4 is 10.2 Å². The Kier molecular flexibility index (Phi) is 3.78. The number of aromatic nitrogens is 1. The fraction of sp³-hybridized carbons (Fsp3) is 0.786. The summed E-state index contributed by atoms with van der Waals surface area (Å²) in [6.45, 7) is 9.02. The Bertz CT molecular complexity index is 433. The molecule has 1 aliphatic carbocycles. The average Bonchev–Trinajstić information content (AvgIpc) is 3.21. The molecule has 4 nitrogen and oxygen atoms in total. The molecule has 1 aliphatic heterocycles. The van der Waals surface area contributed by atoms with Crippen LogP contribution >= 0.6 is 11.3 Å². The molecular weight excluding hydrogens is 256 g/mol. The normalized spacial score (nSPS) is 22.8. The van der Waals surface area contributed by atoms with Gasteiger partial charge in [0.25, 0.3) is 0 Å². The van der Waals surface area contributed by atoms with E-state index in [2.05, 4.69) is 29.0 Å². The number of hydrogen-bond acceptors (Lipinski definition) is 5. The van der Waals surface area contributed by atoms with Crippen molar-refractivity contribution in [1.82, 2.24) is 15.2 Å². The number of aryl methyl sites for hydroxylation is 1. The van der Waals surface area contributed by atoms with E-state index in [-0.39, 0.29) is 0 Å². The number of piperazine rings is 1. The van der Waals surface area contributed by atoms with Crippen LogP contribution in [0.25, 0.3) is 0 Å². The number of nitrogens with one attached hydrogen (secondary N) is 1. The predicted molar refractivity (Wildman–Crippen MR) is 81.1 cm³/mol. The van der Waals surface area contributed by atoms with Gasteiger partial charge in [-0.3, -0.25) is 4.90 Å². The molecule has 1 saturated heterocycles. The first-order valence-corrected chi connectivity index (χ1v) is 8.14. The lowest BCUT2D eigenvalue weighted by molar-refractivity contribution is 0.248. The summed E-state index contributed by atoms with van der Waals surface area (Å²) in [6.07, 6.45) is 2.83. The zero-order valence-electron chi connectivity index (χ0n) is 12.1. The third-order valence-electron chi connectivity index (χ3n) is 4.30. The van der Waals surface area contributed by atoms with Gasteiger partial charge < -0.3 is 10.2 Å². The lowest BCUT2D eigenvalue weighted by Crippen LogP contribution is -2.47. The van der Waals surface area contributed by atoms with Gasteiger partial charge in [-0.1, -0.05) is 0 Å². The highest BCUT2D eigenvalue weighted by atomic mass is 32.1. The number of thiazole rings is 1. The number of hydrogen-bond donors (Lipinski definition) is 1. The summed E-state index contributed by atoms with van der Waals surface area (Å²) < 4.78 is 0. The van der Waals surface area contributed by atoms with Gasteiger partial charge >= 0.3 is 0 Å². The van der Waals surface area contributed by atoms with E-state index >= 15 is 0 Å². The maximum Gasteiger partial charge on any atom is 0.185 e. The number of nitrogens with zero attached hydrogens (tertiary/aromatic N) is 3. The molecule has 1 unspecified atom stereocenters. The van der Waals surface area contributed by atoms with Crippen LogP contribution in [0.1, 0.15) is 36.4 Å². The molecule has 106 valence electrons. The Balaban J connectivity index is 1.66. The summed E-state index contributed by atoms with van der Waals surface area (Å²) in [6, 6.07) is 1.30. The summed E-state index contributed by atoms with van der Waals surface area (Å²) >= 11 is 1.86. The second-order valence-corrected chi connectivity index (χ2v) is 6.72. The van der Waals surface area contributed by atoms with Crippen molar-refractivity contribution in [3.63, 3.8) is 0 Å². The average molecular weight is 280 g/mol. The highest BCUT2D eigenvalue weighted by molar-refractivity contribution is 7.15. The first kappa shape index (κ1) is 13.3. The fourth-order valence-corrected chi connectivity index (χ4v) is 3.96. The van der Waals surface area contributed by atoms with Gasteiger partial charge in [0.2, 0.25) is 0 Å². The summed E-state index contributed by atoms with van der Waals surface area (Å²) in [4.78, 5) is 11.3. The quantitative estimate of drug-likeness (QED) is 0.914. The second kappa shape index (κ2) is 5.38. The van der Waals surface area contributed by atoms with Crippen molar-refractivity contribution >= 4 is 16.5 Å². The molecule has 2 fully saturated rings. The zero-order chi connectivity index (χ0) is 13.4. The zero-order valence-corrected chi connectivity index (χ0v) is 13.0. The molecule has 0 aromatic carbocycles. The minimum Gasteiger partial charge on any atom is -0.346 e. The van der Waals surface area contributed by atoms with Crippen LogP contribution in [0.3, 0.4) is 0 Å². The van der Waals surface area contributed by atoms with Gasteiger partial charge in [-0.2, -0.15) is 0 Å². The molecule has 19 heavy (non-hydrogen) atoms. The number of rotatable bonds is 4. The molecule has 1 N–H and O–H groups in total. The van der Waals surface area contributed by atoms with Crippen molar-refractivity contribution in [3.05, 3.63) is 10.6 Å². The molecule has 0 amide bonds. The van der Waals surface area contributed by atoms with E-state index in [1.165, 1.54) is 41.6 Å². The first-order chi connectivity index (χ1) is 9.19. The maximum atomic E-state index is 4.77. The van der Waals surface area contributed by atoms with E-state index in [9.17, 15) is 0 Å². The van der Waals surface area contributed by atoms with Gasteiger partial charge in [0.1, 0.15) is 0 Å². The van der Waals surface area contributed by atoms with Gasteiger partial charge in [-0.25, -0.2) is 4.98 Å². The summed E-state index contributed by atoms with van der Waals surface area (Å²) in [7, 11) is 2.01. The van der Waals surface area contributed by atoms with Crippen molar-refractivity contribution in [1.29, 1.82) is 0 Å². The minimum atomic E-state index is 0.402. The Hall–Kier alpha value is -0.650. The minimum absolute atomic E-state index is 0.402. The summed E-state index contributed by atoms with van der Waals surface area (Å²) in [5.41, 5.74) is 1.19. The standard InChI is InChI=1S/C14H24N4S/c1-10(15-3)13-11(2)16-14(19-13)18-8-6-17(7-9-18)12-4-5-12/h10,12,15H,4-9H2,1-3H3. The van der Waals surface area contributed by atoms with E-state index in [1.54, 1.807) is 0 Å². The third-order valence-corrected chi connectivity index (χ3v) is 5.70. The van der Waals surface area contributed by atoms with Crippen LogP contribution in [0.4, 0.5) is 5.13 Å². The lowest BCUT2D eigenvalue weighted by atomic mass is 10.2. The SMILES string of the molecule is CNC(C)c1sc(N2CCN(C3CC3)CC2)nc1C. The molecular formula is C14H24N4S. The number of anilines is 1. The topological polar surface area (TPSA) is 31.4 Å². The van der Waals surface area contributed by atoms with E-state index < -0.39 is 0 Å². The van der Waals surface area contributed by atoms with Crippen LogP contribution in [-0.4, -0.2) is 49.2 Å². The van der Waals surface area contributed by atoms with Crippen molar-refractivity contribution < 1.29 is 0 Å². The molecule has 0 radical (unpaired) electrons. The van der Waals surface area contributed by atoms with Crippen LogP contribution in [0, 0.1) is 6.92 Å². The molecule has 2 heterocycles. The summed E-state index contributed by atoms with van der Waals surface area (Å²) in [5.74, 6) is 0. The largest absolute Gasteiger partial charge is 0.346 e. The monoisotopic (exact) mass is 280 g/mol. The molecule has 0 spiro atoms. The van der Waals surface area contributed by atoms with Gasteiger partial charge in [0, 0.05) is 43.1 Å². The highest BCUT2D eigenvalue weighted by Gasteiger charge is 2.31. The van der Waals surface area contributed by atoms with Crippen molar-refractivity contribution in [2.24, 2.45) is 0 Å². The maximum absolute atomic E-state index is 4.77. The van der Waals surface area contributed by atoms with Crippen LogP contribution in [0.5, 0.6) is 0 Å².